The number of hydrogen-bond acceptors (Lipinski definition) is 5. The minimum absolute atomic E-state index is 0.209. The topological polar surface area (TPSA) is 134 Å². The summed E-state index contributed by atoms with van der Waals surface area (Å²) in [6, 6.07) is 12.5. The molecule has 6 N–H and O–H groups in total. The van der Waals surface area contributed by atoms with Gasteiger partial charge in [-0.3, -0.25) is 19.8 Å². The summed E-state index contributed by atoms with van der Waals surface area (Å²) in [7, 11) is 0. The van der Waals surface area contributed by atoms with Crippen molar-refractivity contribution in [3.63, 3.8) is 0 Å². The molecule has 2 aromatic rings. The highest BCUT2D eigenvalue weighted by atomic mass is 16.3. The molecule has 3 rings (SSSR count). The molecular formula is C28H36N4O4. The van der Waals surface area contributed by atoms with Crippen molar-refractivity contribution in [2.75, 3.05) is 6.61 Å². The zero-order valence-electron chi connectivity index (χ0n) is 20.7. The monoisotopic (exact) mass is 492 g/mol. The summed E-state index contributed by atoms with van der Waals surface area (Å²) in [6.45, 7) is 1.38. The molecule has 1 aliphatic rings. The first-order valence-electron chi connectivity index (χ1n) is 12.5. The second-order valence-corrected chi connectivity index (χ2v) is 9.30. The highest BCUT2D eigenvalue weighted by Gasteiger charge is 2.27. The molecule has 2 aromatic carbocycles. The molecule has 0 radical (unpaired) electrons. The molecule has 0 heterocycles. The molecule has 1 fully saturated rings. The average molecular weight is 493 g/mol. The quantitative estimate of drug-likeness (QED) is 0.197. The van der Waals surface area contributed by atoms with Crippen LogP contribution in [0.3, 0.4) is 0 Å². The number of amides is 3. The van der Waals surface area contributed by atoms with Gasteiger partial charge in [-0.2, -0.15) is 0 Å². The van der Waals surface area contributed by atoms with Gasteiger partial charge in [0.15, 0.2) is 0 Å². The largest absolute Gasteiger partial charge is 0.394 e. The highest BCUT2D eigenvalue weighted by molar-refractivity contribution is 5.99. The van der Waals surface area contributed by atoms with E-state index in [0.29, 0.717) is 11.5 Å². The number of hydrogen-bond donors (Lipinski definition) is 5. The number of rotatable bonds is 10. The molecule has 2 atom stereocenters. The summed E-state index contributed by atoms with van der Waals surface area (Å²) < 4.78 is 0. The predicted molar refractivity (Wildman–Crippen MR) is 140 cm³/mol. The Kier molecular flexibility index (Phi) is 10.2. The number of aliphatic hydroxyl groups is 1. The summed E-state index contributed by atoms with van der Waals surface area (Å²) in [5.41, 5.74) is 5.22. The minimum Gasteiger partial charge on any atom is -0.394 e. The van der Waals surface area contributed by atoms with E-state index in [4.69, 9.17) is 5.84 Å². The van der Waals surface area contributed by atoms with Gasteiger partial charge < -0.3 is 15.7 Å². The second kappa shape index (κ2) is 13.6. The van der Waals surface area contributed by atoms with Crippen molar-refractivity contribution in [2.45, 2.75) is 57.5 Å². The van der Waals surface area contributed by atoms with Crippen molar-refractivity contribution in [3.05, 3.63) is 76.9 Å². The standard InChI is InChI=1S/C28H36N4O4/c1-19-12-14-23(17-22(19)15-13-20-8-4-2-5-9-20)26(34)30-24(16-21-10-6-3-7-11-21)27(35)31-25(18-33)28(36)32-29/h3,6-7,10-15,17,20,24-25,33H,2,4-5,8-9,16,18,29H2,1H3,(H,30,34)(H,31,35)(H,32,36)/b15-13-/t24-,25-/m0/s1. The van der Waals surface area contributed by atoms with E-state index in [1.807, 2.05) is 54.8 Å². The summed E-state index contributed by atoms with van der Waals surface area (Å²) in [4.78, 5) is 38.1. The van der Waals surface area contributed by atoms with E-state index in [1.54, 1.807) is 6.07 Å². The van der Waals surface area contributed by atoms with Gasteiger partial charge in [-0.1, -0.05) is 67.8 Å². The van der Waals surface area contributed by atoms with Crippen LogP contribution < -0.4 is 21.9 Å². The molecule has 0 aliphatic heterocycles. The van der Waals surface area contributed by atoms with Crippen LogP contribution in [0.15, 0.2) is 54.6 Å². The molecule has 0 saturated heterocycles. The molecule has 36 heavy (non-hydrogen) atoms. The van der Waals surface area contributed by atoms with Crippen LogP contribution in [-0.4, -0.2) is 41.5 Å². The van der Waals surface area contributed by atoms with Crippen LogP contribution in [-0.2, 0) is 16.0 Å². The van der Waals surface area contributed by atoms with Crippen LogP contribution in [0.5, 0.6) is 0 Å². The highest BCUT2D eigenvalue weighted by Crippen LogP contribution is 2.26. The normalized spacial score (nSPS) is 15.8. The van der Waals surface area contributed by atoms with Crippen LogP contribution >= 0.6 is 0 Å². The Labute approximate surface area is 212 Å². The molecular weight excluding hydrogens is 456 g/mol. The Morgan fingerprint density at radius 1 is 1.00 bits per heavy atom. The first-order valence-corrected chi connectivity index (χ1v) is 12.5. The van der Waals surface area contributed by atoms with E-state index in [2.05, 4.69) is 22.8 Å². The lowest BCUT2D eigenvalue weighted by atomic mass is 9.88. The van der Waals surface area contributed by atoms with Gasteiger partial charge in [0, 0.05) is 12.0 Å². The minimum atomic E-state index is -1.23. The maximum Gasteiger partial charge on any atom is 0.258 e. The number of aliphatic hydroxyl groups excluding tert-OH is 1. The van der Waals surface area contributed by atoms with E-state index in [1.165, 1.54) is 32.1 Å². The zero-order valence-corrected chi connectivity index (χ0v) is 20.7. The Hall–Kier alpha value is -3.49. The lowest BCUT2D eigenvalue weighted by Crippen LogP contribution is -2.56. The van der Waals surface area contributed by atoms with Crippen LogP contribution in [0.1, 0.15) is 59.2 Å². The molecule has 3 amide bonds. The Bertz CT molecular complexity index is 1060. The summed E-state index contributed by atoms with van der Waals surface area (Å²) in [6.07, 6.45) is 10.7. The van der Waals surface area contributed by atoms with Crippen LogP contribution in [0.2, 0.25) is 0 Å². The van der Waals surface area contributed by atoms with Gasteiger partial charge in [-0.25, -0.2) is 5.84 Å². The SMILES string of the molecule is Cc1ccc(C(=O)N[C@@H](Cc2ccccc2)C(=O)N[C@@H](CO)C(=O)NN)cc1/C=C\C1CCCCC1. The molecule has 0 bridgehead atoms. The van der Waals surface area contributed by atoms with Gasteiger partial charge >= 0.3 is 0 Å². The van der Waals surface area contributed by atoms with E-state index in [0.717, 1.165) is 16.7 Å². The number of allylic oxidation sites excluding steroid dienone is 1. The van der Waals surface area contributed by atoms with Crippen LogP contribution in [0.25, 0.3) is 6.08 Å². The predicted octanol–water partition coefficient (Wildman–Crippen LogP) is 2.40. The number of nitrogens with two attached hydrogens (primary N) is 1. The third-order valence-electron chi connectivity index (χ3n) is 6.60. The number of aryl methyl sites for hydroxylation is 1. The third-order valence-corrected chi connectivity index (χ3v) is 6.60. The summed E-state index contributed by atoms with van der Waals surface area (Å²) in [5, 5.41) is 14.7. The zero-order chi connectivity index (χ0) is 25.9. The molecule has 8 heteroatoms. The van der Waals surface area contributed by atoms with Crippen molar-refractivity contribution in [1.29, 1.82) is 0 Å². The number of benzene rings is 2. The number of hydrazine groups is 1. The van der Waals surface area contributed by atoms with Crippen molar-refractivity contribution in [1.82, 2.24) is 16.1 Å². The van der Waals surface area contributed by atoms with Crippen molar-refractivity contribution in [2.24, 2.45) is 11.8 Å². The van der Waals surface area contributed by atoms with Gasteiger partial charge in [0.25, 0.3) is 11.8 Å². The van der Waals surface area contributed by atoms with Gasteiger partial charge in [0.2, 0.25) is 5.91 Å². The van der Waals surface area contributed by atoms with E-state index in [-0.39, 0.29) is 6.42 Å². The fourth-order valence-electron chi connectivity index (χ4n) is 4.40. The van der Waals surface area contributed by atoms with Gasteiger partial charge in [0.05, 0.1) is 6.61 Å². The van der Waals surface area contributed by atoms with E-state index >= 15 is 0 Å². The van der Waals surface area contributed by atoms with Crippen molar-refractivity contribution in [3.8, 4) is 0 Å². The Morgan fingerprint density at radius 2 is 1.72 bits per heavy atom. The Morgan fingerprint density at radius 3 is 2.39 bits per heavy atom. The van der Waals surface area contributed by atoms with Crippen molar-refractivity contribution < 1.29 is 19.5 Å². The van der Waals surface area contributed by atoms with Crippen molar-refractivity contribution >= 4 is 23.8 Å². The average Bonchev–Trinajstić information content (AvgIpc) is 2.91. The van der Waals surface area contributed by atoms with E-state index < -0.39 is 36.4 Å². The molecule has 0 spiro atoms. The maximum absolute atomic E-state index is 13.2. The fraction of sp³-hybridized carbons (Fsp3) is 0.393. The number of carbonyl (C=O) groups excluding carboxylic acids is 3. The fourth-order valence-corrected chi connectivity index (χ4v) is 4.40. The molecule has 1 aliphatic carbocycles. The van der Waals surface area contributed by atoms with Gasteiger partial charge in [-0.15, -0.1) is 0 Å². The van der Waals surface area contributed by atoms with E-state index in [9.17, 15) is 19.5 Å². The lowest BCUT2D eigenvalue weighted by Gasteiger charge is -2.22. The van der Waals surface area contributed by atoms with Gasteiger partial charge in [-0.05, 0) is 54.5 Å². The lowest BCUT2D eigenvalue weighted by molar-refractivity contribution is -0.130. The summed E-state index contributed by atoms with van der Waals surface area (Å²) >= 11 is 0. The third kappa shape index (κ3) is 7.76. The number of nitrogens with one attached hydrogen (secondary N) is 3. The first kappa shape index (κ1) is 27.1. The number of carbonyl (C=O) groups is 3. The molecule has 0 unspecified atom stereocenters. The Balaban J connectivity index is 1.77. The smallest absolute Gasteiger partial charge is 0.258 e. The molecule has 8 nitrogen and oxygen atoms in total. The molecule has 1 saturated carbocycles. The molecule has 0 aromatic heterocycles. The maximum atomic E-state index is 13.2. The van der Waals surface area contributed by atoms with Gasteiger partial charge in [0.1, 0.15) is 12.1 Å². The molecule has 192 valence electrons. The first-order chi connectivity index (χ1) is 17.4. The summed E-state index contributed by atoms with van der Waals surface area (Å²) in [5.74, 6) is 3.98. The van der Waals surface area contributed by atoms with Crippen LogP contribution in [0, 0.1) is 12.8 Å². The second-order valence-electron chi connectivity index (χ2n) is 9.30. The van der Waals surface area contributed by atoms with Crippen LogP contribution in [0.4, 0.5) is 0 Å².